The van der Waals surface area contributed by atoms with Crippen molar-refractivity contribution in [2.75, 3.05) is 0 Å². The molecule has 2 aliphatic carbocycles. The maximum Gasteiger partial charge on any atom is 0.266 e. The van der Waals surface area contributed by atoms with Gasteiger partial charge in [-0.3, -0.25) is 4.57 Å². The molecule has 3 heteroatoms. The Kier molecular flexibility index (Phi) is 4.86. The largest absolute Gasteiger partial charge is 0.441 e. The summed E-state index contributed by atoms with van der Waals surface area (Å²) >= 11 is 0. The Bertz CT molecular complexity index is 861. The first-order valence-corrected chi connectivity index (χ1v) is 12.1. The Morgan fingerprint density at radius 2 is 1.44 bits per heavy atom. The van der Waals surface area contributed by atoms with Crippen LogP contribution in [0.1, 0.15) is 87.2 Å². The van der Waals surface area contributed by atoms with E-state index in [9.17, 15) is 4.57 Å². The molecular weight excluding hydrogens is 351 g/mol. The maximum atomic E-state index is 12.8. The fourth-order valence-electron chi connectivity index (χ4n) is 5.42. The van der Waals surface area contributed by atoms with Crippen LogP contribution in [0.15, 0.2) is 36.4 Å². The van der Waals surface area contributed by atoms with Crippen molar-refractivity contribution in [3.63, 3.8) is 0 Å². The van der Waals surface area contributed by atoms with Crippen molar-refractivity contribution in [3.8, 4) is 16.9 Å². The molecule has 142 valence electrons. The highest BCUT2D eigenvalue weighted by Gasteiger charge is 2.30. The van der Waals surface area contributed by atoms with Crippen LogP contribution >= 0.6 is 8.03 Å². The van der Waals surface area contributed by atoms with E-state index in [0.29, 0.717) is 11.8 Å². The molecule has 1 atom stereocenters. The van der Waals surface area contributed by atoms with Crippen LogP contribution in [0.3, 0.4) is 0 Å². The molecular formula is C24H29O2P. The van der Waals surface area contributed by atoms with E-state index >= 15 is 0 Å². The van der Waals surface area contributed by atoms with Crippen molar-refractivity contribution in [2.45, 2.75) is 76.0 Å². The second-order valence-corrected chi connectivity index (χ2v) is 9.91. The summed E-state index contributed by atoms with van der Waals surface area (Å²) in [5, 5.41) is 0.894. The van der Waals surface area contributed by atoms with Crippen molar-refractivity contribution in [1.29, 1.82) is 0 Å². The van der Waals surface area contributed by atoms with E-state index < -0.39 is 8.03 Å². The Balaban J connectivity index is 1.67. The second kappa shape index (κ2) is 7.47. The van der Waals surface area contributed by atoms with Crippen molar-refractivity contribution in [2.24, 2.45) is 0 Å². The van der Waals surface area contributed by atoms with Crippen molar-refractivity contribution >= 4 is 13.3 Å². The Hall–Kier alpha value is -1.53. The molecule has 0 saturated heterocycles. The minimum Gasteiger partial charge on any atom is -0.441 e. The first-order valence-electron chi connectivity index (χ1n) is 10.8. The van der Waals surface area contributed by atoms with E-state index in [-0.39, 0.29) is 0 Å². The molecule has 0 spiro atoms. The van der Waals surface area contributed by atoms with Crippen LogP contribution in [0.5, 0.6) is 5.75 Å². The zero-order valence-electron chi connectivity index (χ0n) is 16.0. The van der Waals surface area contributed by atoms with E-state index in [4.69, 9.17) is 4.52 Å². The monoisotopic (exact) mass is 380 g/mol. The lowest BCUT2D eigenvalue weighted by Crippen LogP contribution is -2.15. The van der Waals surface area contributed by atoms with E-state index in [0.717, 1.165) is 16.6 Å². The summed E-state index contributed by atoms with van der Waals surface area (Å²) in [6.45, 7) is 0. The summed E-state index contributed by atoms with van der Waals surface area (Å²) in [6.07, 6.45) is 13.1. The van der Waals surface area contributed by atoms with Gasteiger partial charge in [0, 0.05) is 5.56 Å². The van der Waals surface area contributed by atoms with Gasteiger partial charge in [-0.2, -0.15) is 0 Å². The molecule has 2 nitrogen and oxygen atoms in total. The third kappa shape index (κ3) is 3.27. The van der Waals surface area contributed by atoms with Crippen molar-refractivity contribution < 1.29 is 9.09 Å². The number of hydrogen-bond acceptors (Lipinski definition) is 2. The first-order chi connectivity index (χ1) is 13.3. The number of rotatable bonds is 2. The Morgan fingerprint density at radius 3 is 2.19 bits per heavy atom. The lowest BCUT2D eigenvalue weighted by molar-refractivity contribution is 0.427. The van der Waals surface area contributed by atoms with Crippen LogP contribution in [0.25, 0.3) is 11.1 Å². The fraction of sp³-hybridized carbons (Fsp3) is 0.500. The van der Waals surface area contributed by atoms with Gasteiger partial charge in [0.25, 0.3) is 8.03 Å². The van der Waals surface area contributed by atoms with Gasteiger partial charge in [0.2, 0.25) is 0 Å². The minimum absolute atomic E-state index is 0.566. The van der Waals surface area contributed by atoms with Crippen molar-refractivity contribution in [3.05, 3.63) is 47.5 Å². The lowest BCUT2D eigenvalue weighted by Gasteiger charge is -2.31. The van der Waals surface area contributed by atoms with Crippen molar-refractivity contribution in [1.82, 2.24) is 0 Å². The summed E-state index contributed by atoms with van der Waals surface area (Å²) in [5.74, 6) is 2.18. The summed E-state index contributed by atoms with van der Waals surface area (Å²) in [5.41, 5.74) is 5.17. The van der Waals surface area contributed by atoms with Gasteiger partial charge in [-0.25, -0.2) is 0 Å². The van der Waals surface area contributed by atoms with Crippen LogP contribution in [-0.4, -0.2) is 0 Å². The van der Waals surface area contributed by atoms with Gasteiger partial charge in [-0.05, 0) is 66.3 Å². The molecule has 0 N–H and O–H groups in total. The van der Waals surface area contributed by atoms with Crippen LogP contribution in [0, 0.1) is 0 Å². The fourth-order valence-corrected chi connectivity index (χ4v) is 6.61. The number of hydrogen-bond donors (Lipinski definition) is 0. The highest BCUT2D eigenvalue weighted by atomic mass is 31.1. The highest BCUT2D eigenvalue weighted by Crippen LogP contribution is 2.50. The second-order valence-electron chi connectivity index (χ2n) is 8.59. The normalized spacial score (nSPS) is 23.3. The summed E-state index contributed by atoms with van der Waals surface area (Å²) in [4.78, 5) is 0. The molecule has 2 fully saturated rings. The third-order valence-corrected chi connectivity index (χ3v) is 8.16. The summed E-state index contributed by atoms with van der Waals surface area (Å²) in [7, 11) is -2.21. The number of benzene rings is 2. The SMILES string of the molecule is O=[PH]1Oc2c(cc(C3CCCCC3)cc2C2CCCCC2)-c2ccccc21. The molecule has 1 unspecified atom stereocenters. The van der Waals surface area contributed by atoms with Crippen LogP contribution in [0.2, 0.25) is 0 Å². The summed E-state index contributed by atoms with van der Waals surface area (Å²) < 4.78 is 19.0. The first kappa shape index (κ1) is 17.6. The Morgan fingerprint density at radius 1 is 0.778 bits per heavy atom. The van der Waals surface area contributed by atoms with E-state index in [1.54, 1.807) is 0 Å². The smallest absolute Gasteiger partial charge is 0.266 e. The minimum atomic E-state index is -2.21. The molecule has 5 rings (SSSR count). The highest BCUT2D eigenvalue weighted by molar-refractivity contribution is 7.49. The third-order valence-electron chi connectivity index (χ3n) is 6.89. The molecule has 1 heterocycles. The summed E-state index contributed by atoms with van der Waals surface area (Å²) in [6, 6.07) is 13.0. The maximum absolute atomic E-state index is 12.8. The zero-order chi connectivity index (χ0) is 18.2. The Labute approximate surface area is 163 Å². The standard InChI is InChI=1S/C24H29O2P/c25-27-23-14-8-7-13-20(23)22-16-19(17-9-3-1-4-10-17)15-21(24(22)26-27)18-11-5-2-6-12-18/h7-8,13-18,27H,1-6,9-12H2. The van der Waals surface area contributed by atoms with E-state index in [1.807, 2.05) is 12.1 Å². The predicted octanol–water partition coefficient (Wildman–Crippen LogP) is 6.94. The van der Waals surface area contributed by atoms with Gasteiger partial charge in [0.1, 0.15) is 5.75 Å². The van der Waals surface area contributed by atoms with Gasteiger partial charge >= 0.3 is 0 Å². The van der Waals surface area contributed by atoms with Gasteiger partial charge in [0.15, 0.2) is 0 Å². The quantitative estimate of drug-likeness (QED) is 0.527. The average Bonchev–Trinajstić information content (AvgIpc) is 2.75. The molecule has 0 aromatic heterocycles. The predicted molar refractivity (Wildman–Crippen MR) is 113 cm³/mol. The molecule has 2 saturated carbocycles. The van der Waals surface area contributed by atoms with Gasteiger partial charge in [-0.15, -0.1) is 0 Å². The molecule has 1 aliphatic heterocycles. The van der Waals surface area contributed by atoms with Crippen LogP contribution in [0.4, 0.5) is 0 Å². The molecule has 2 aromatic carbocycles. The number of fused-ring (bicyclic) bond motifs is 3. The van der Waals surface area contributed by atoms with E-state index in [2.05, 4.69) is 24.3 Å². The topological polar surface area (TPSA) is 26.3 Å². The molecule has 0 radical (unpaired) electrons. The average molecular weight is 380 g/mol. The molecule has 0 amide bonds. The molecule has 0 bridgehead atoms. The lowest BCUT2D eigenvalue weighted by atomic mass is 9.78. The molecule has 27 heavy (non-hydrogen) atoms. The van der Waals surface area contributed by atoms with E-state index in [1.165, 1.54) is 80.9 Å². The molecule has 3 aliphatic rings. The van der Waals surface area contributed by atoms with Crippen LogP contribution < -0.4 is 9.83 Å². The van der Waals surface area contributed by atoms with Crippen LogP contribution in [-0.2, 0) is 4.57 Å². The molecule has 2 aromatic rings. The van der Waals surface area contributed by atoms with Gasteiger partial charge in [-0.1, -0.05) is 62.8 Å². The van der Waals surface area contributed by atoms with Gasteiger partial charge < -0.3 is 4.52 Å². The van der Waals surface area contributed by atoms with Gasteiger partial charge in [0.05, 0.1) is 5.30 Å². The zero-order valence-corrected chi connectivity index (χ0v) is 17.0.